The number of carbonyl (C=O) groups is 2. The minimum absolute atomic E-state index is 0.259. The summed E-state index contributed by atoms with van der Waals surface area (Å²) >= 11 is 0. The van der Waals surface area contributed by atoms with Crippen LogP contribution in [-0.4, -0.2) is 65.7 Å². The minimum atomic E-state index is -0.448. The van der Waals surface area contributed by atoms with Crippen molar-refractivity contribution in [1.29, 1.82) is 0 Å². The van der Waals surface area contributed by atoms with E-state index in [-0.39, 0.29) is 12.3 Å². The Morgan fingerprint density at radius 2 is 1.93 bits per heavy atom. The highest BCUT2D eigenvalue weighted by Crippen LogP contribution is 2.28. The molecule has 0 spiro atoms. The van der Waals surface area contributed by atoms with E-state index in [0.717, 1.165) is 38.1 Å². The minimum Gasteiger partial charge on any atom is -0.354 e. The van der Waals surface area contributed by atoms with Crippen LogP contribution in [0.15, 0.2) is 22.7 Å². The third kappa shape index (κ3) is 3.68. The molecule has 2 aromatic rings. The molecule has 3 heterocycles. The maximum absolute atomic E-state index is 12.1. The number of imide groups is 1. The van der Waals surface area contributed by atoms with E-state index in [9.17, 15) is 9.59 Å². The van der Waals surface area contributed by atoms with Crippen LogP contribution in [-0.2, 0) is 11.3 Å². The molecule has 1 N–H and O–H groups in total. The first-order valence-corrected chi connectivity index (χ1v) is 9.47. The van der Waals surface area contributed by atoms with Crippen LogP contribution in [0.4, 0.5) is 10.6 Å². The number of benzene rings is 1. The average Bonchev–Trinajstić information content (AvgIpc) is 3.05. The Hall–Kier alpha value is -2.45. The third-order valence-corrected chi connectivity index (χ3v) is 5.37. The number of rotatable bonds is 4. The zero-order chi connectivity index (χ0) is 19.0. The molecule has 2 saturated heterocycles. The Morgan fingerprint density at radius 1 is 1.15 bits per heavy atom. The lowest BCUT2D eigenvalue weighted by molar-refractivity contribution is -0.120. The van der Waals surface area contributed by atoms with Gasteiger partial charge in [-0.15, -0.1) is 0 Å². The van der Waals surface area contributed by atoms with Gasteiger partial charge in [0.15, 0.2) is 11.4 Å². The maximum Gasteiger partial charge on any atom is 0.329 e. The van der Waals surface area contributed by atoms with Crippen molar-refractivity contribution in [2.24, 2.45) is 0 Å². The lowest BCUT2D eigenvalue weighted by Crippen LogP contribution is -2.49. The standard InChI is InChI=1S/C19H25N5O3/c1-13(2)23-9-7-22(8-10-23)12-14-3-4-16-15(11-14)18(21-27-16)24-6-5-17(25)20-19(24)26/h3-4,11,13H,5-10,12H2,1-2H3,(H,20,25,26). The Balaban J connectivity index is 1.51. The highest BCUT2D eigenvalue weighted by atomic mass is 16.5. The van der Waals surface area contributed by atoms with E-state index in [1.54, 1.807) is 0 Å². The fourth-order valence-electron chi connectivity index (χ4n) is 3.73. The number of anilines is 1. The van der Waals surface area contributed by atoms with E-state index >= 15 is 0 Å². The van der Waals surface area contributed by atoms with Gasteiger partial charge < -0.3 is 4.52 Å². The van der Waals surface area contributed by atoms with Crippen LogP contribution in [0.5, 0.6) is 0 Å². The quantitative estimate of drug-likeness (QED) is 0.883. The third-order valence-electron chi connectivity index (χ3n) is 5.37. The van der Waals surface area contributed by atoms with Gasteiger partial charge in [0.25, 0.3) is 0 Å². The first kappa shape index (κ1) is 17.9. The van der Waals surface area contributed by atoms with Crippen molar-refractivity contribution in [3.8, 4) is 0 Å². The van der Waals surface area contributed by atoms with Crippen LogP contribution in [0.3, 0.4) is 0 Å². The fourth-order valence-corrected chi connectivity index (χ4v) is 3.73. The second-order valence-electron chi connectivity index (χ2n) is 7.50. The van der Waals surface area contributed by atoms with Crippen molar-refractivity contribution in [3.05, 3.63) is 23.8 Å². The normalized spacial score (nSPS) is 19.9. The van der Waals surface area contributed by atoms with E-state index in [1.807, 2.05) is 18.2 Å². The molecule has 2 aliphatic rings. The van der Waals surface area contributed by atoms with Gasteiger partial charge in [-0.2, -0.15) is 0 Å². The molecule has 0 aliphatic carbocycles. The summed E-state index contributed by atoms with van der Waals surface area (Å²) in [6.45, 7) is 9.90. The van der Waals surface area contributed by atoms with Crippen molar-refractivity contribution in [1.82, 2.24) is 20.3 Å². The molecule has 0 bridgehead atoms. The summed E-state index contributed by atoms with van der Waals surface area (Å²) in [6, 6.07) is 6.13. The van der Waals surface area contributed by atoms with Crippen molar-refractivity contribution < 1.29 is 14.1 Å². The number of amides is 3. The summed E-state index contributed by atoms with van der Waals surface area (Å²) in [5.41, 5.74) is 1.81. The van der Waals surface area contributed by atoms with E-state index in [1.165, 1.54) is 10.5 Å². The Bertz CT molecular complexity index is 854. The van der Waals surface area contributed by atoms with Gasteiger partial charge in [0.1, 0.15) is 0 Å². The number of fused-ring (bicyclic) bond motifs is 1. The number of urea groups is 1. The van der Waals surface area contributed by atoms with Crippen LogP contribution in [0.25, 0.3) is 11.0 Å². The van der Waals surface area contributed by atoms with Gasteiger partial charge in [0, 0.05) is 51.7 Å². The summed E-state index contributed by atoms with van der Waals surface area (Å²) in [7, 11) is 0. The number of hydrogen-bond donors (Lipinski definition) is 1. The number of piperazine rings is 1. The molecule has 144 valence electrons. The van der Waals surface area contributed by atoms with Gasteiger partial charge in [0.05, 0.1) is 5.39 Å². The molecule has 0 unspecified atom stereocenters. The van der Waals surface area contributed by atoms with Gasteiger partial charge in [0.2, 0.25) is 5.91 Å². The lowest BCUT2D eigenvalue weighted by Gasteiger charge is -2.36. The highest BCUT2D eigenvalue weighted by Gasteiger charge is 2.28. The molecule has 8 heteroatoms. The Kier molecular flexibility index (Phi) is 4.84. The molecule has 1 aromatic carbocycles. The van der Waals surface area contributed by atoms with E-state index in [2.05, 4.69) is 34.1 Å². The predicted octanol–water partition coefficient (Wildman–Crippen LogP) is 1.80. The fraction of sp³-hybridized carbons (Fsp3) is 0.526. The monoisotopic (exact) mass is 371 g/mol. The van der Waals surface area contributed by atoms with E-state index in [4.69, 9.17) is 4.52 Å². The molecule has 4 rings (SSSR count). The molecular formula is C19H25N5O3. The molecule has 3 amide bonds. The van der Waals surface area contributed by atoms with Crippen molar-refractivity contribution in [2.75, 3.05) is 37.6 Å². The van der Waals surface area contributed by atoms with Gasteiger partial charge in [-0.25, -0.2) is 4.79 Å². The Labute approximate surface area is 158 Å². The summed E-state index contributed by atoms with van der Waals surface area (Å²) in [6.07, 6.45) is 0.264. The lowest BCUT2D eigenvalue weighted by atomic mass is 10.1. The van der Waals surface area contributed by atoms with Crippen molar-refractivity contribution >= 4 is 28.7 Å². The zero-order valence-electron chi connectivity index (χ0n) is 15.8. The first-order chi connectivity index (χ1) is 13.0. The average molecular weight is 371 g/mol. The summed E-state index contributed by atoms with van der Waals surface area (Å²) in [5.74, 6) is 0.215. The van der Waals surface area contributed by atoms with E-state index in [0.29, 0.717) is 24.0 Å². The van der Waals surface area contributed by atoms with Gasteiger partial charge in [-0.05, 0) is 31.5 Å². The van der Waals surface area contributed by atoms with Gasteiger partial charge >= 0.3 is 6.03 Å². The summed E-state index contributed by atoms with van der Waals surface area (Å²) in [4.78, 5) is 29.9. The molecule has 8 nitrogen and oxygen atoms in total. The second kappa shape index (κ2) is 7.28. The van der Waals surface area contributed by atoms with Gasteiger partial charge in [-0.3, -0.25) is 24.8 Å². The summed E-state index contributed by atoms with van der Waals surface area (Å²) in [5, 5.41) is 7.20. The van der Waals surface area contributed by atoms with Crippen LogP contribution in [0, 0.1) is 0 Å². The molecule has 1 aromatic heterocycles. The molecule has 0 radical (unpaired) electrons. The molecular weight excluding hydrogens is 346 g/mol. The molecule has 0 atom stereocenters. The Morgan fingerprint density at radius 3 is 2.63 bits per heavy atom. The number of carbonyl (C=O) groups excluding carboxylic acids is 2. The molecule has 0 saturated carbocycles. The van der Waals surface area contributed by atoms with Crippen LogP contribution >= 0.6 is 0 Å². The number of nitrogens with zero attached hydrogens (tertiary/aromatic N) is 4. The smallest absolute Gasteiger partial charge is 0.329 e. The van der Waals surface area contributed by atoms with Crippen LogP contribution in [0.2, 0.25) is 0 Å². The van der Waals surface area contributed by atoms with Crippen molar-refractivity contribution in [3.63, 3.8) is 0 Å². The van der Waals surface area contributed by atoms with Crippen LogP contribution < -0.4 is 10.2 Å². The first-order valence-electron chi connectivity index (χ1n) is 9.47. The summed E-state index contributed by atoms with van der Waals surface area (Å²) < 4.78 is 5.39. The molecule has 2 fully saturated rings. The maximum atomic E-state index is 12.1. The number of nitrogens with one attached hydrogen (secondary N) is 1. The van der Waals surface area contributed by atoms with Crippen LogP contribution in [0.1, 0.15) is 25.8 Å². The number of aromatic nitrogens is 1. The SMILES string of the molecule is CC(C)N1CCN(Cc2ccc3onc(N4CCC(=O)NC4=O)c3c2)CC1. The second-order valence-corrected chi connectivity index (χ2v) is 7.50. The number of hydrogen-bond acceptors (Lipinski definition) is 6. The van der Waals surface area contributed by atoms with Crippen molar-refractivity contribution in [2.45, 2.75) is 32.9 Å². The predicted molar refractivity (Wildman–Crippen MR) is 101 cm³/mol. The zero-order valence-corrected chi connectivity index (χ0v) is 15.8. The molecule has 2 aliphatic heterocycles. The highest BCUT2D eigenvalue weighted by molar-refractivity contribution is 6.08. The molecule has 27 heavy (non-hydrogen) atoms. The largest absolute Gasteiger partial charge is 0.354 e. The topological polar surface area (TPSA) is 81.9 Å². The van der Waals surface area contributed by atoms with Gasteiger partial charge in [-0.1, -0.05) is 11.2 Å². The van der Waals surface area contributed by atoms with E-state index < -0.39 is 6.03 Å².